The van der Waals surface area contributed by atoms with Crippen LogP contribution in [-0.2, 0) is 19.6 Å². The van der Waals surface area contributed by atoms with Gasteiger partial charge in [0.2, 0.25) is 0 Å². The fourth-order valence-corrected chi connectivity index (χ4v) is 2.31. The third-order valence-electron chi connectivity index (χ3n) is 3.84. The molecule has 1 heterocycles. The van der Waals surface area contributed by atoms with Gasteiger partial charge < -0.3 is 35.7 Å². The highest BCUT2D eigenvalue weighted by atomic mass is 16.4. The van der Waals surface area contributed by atoms with Gasteiger partial charge in [-0.05, 0) is 24.3 Å². The molecular formula is C19H27N3O12. The van der Waals surface area contributed by atoms with E-state index in [0.29, 0.717) is 13.7 Å². The van der Waals surface area contributed by atoms with Crippen molar-refractivity contribution in [1.29, 1.82) is 0 Å². The largest absolute Gasteiger partial charge is 0.478 e. The van der Waals surface area contributed by atoms with Gasteiger partial charge in [-0.2, -0.15) is 0 Å². The Morgan fingerprint density at radius 1 is 0.529 bits per heavy atom. The number of aliphatic hydroxyl groups excluding tert-OH is 5. The third-order valence-corrected chi connectivity index (χ3v) is 3.84. The highest BCUT2D eigenvalue weighted by Crippen LogP contribution is 2.03. The number of rotatable bonds is 9. The SMILES string of the molecule is O=C(O)c1ccc(C(=O)O)cc1.O=c1n(CCO)c(=O)n(CCO)c(=O)n1CCO.OCCO. The fourth-order valence-electron chi connectivity index (χ4n) is 2.31. The van der Waals surface area contributed by atoms with Gasteiger partial charge in [-0.15, -0.1) is 0 Å². The molecular weight excluding hydrogens is 462 g/mol. The molecule has 0 radical (unpaired) electrons. The van der Waals surface area contributed by atoms with Crippen LogP contribution < -0.4 is 17.1 Å². The number of carboxylic acids is 2. The summed E-state index contributed by atoms with van der Waals surface area (Å²) in [6.07, 6.45) is 0. The molecule has 0 spiro atoms. The second kappa shape index (κ2) is 16.1. The van der Waals surface area contributed by atoms with E-state index in [1.54, 1.807) is 0 Å². The fraction of sp³-hybridized carbons (Fsp3) is 0.421. The van der Waals surface area contributed by atoms with Crippen molar-refractivity contribution in [2.75, 3.05) is 33.0 Å². The average Bonchev–Trinajstić information content (AvgIpc) is 2.83. The van der Waals surface area contributed by atoms with Crippen molar-refractivity contribution in [3.63, 3.8) is 0 Å². The predicted molar refractivity (Wildman–Crippen MR) is 115 cm³/mol. The first-order valence-electron chi connectivity index (χ1n) is 9.66. The monoisotopic (exact) mass is 489 g/mol. The first-order valence-corrected chi connectivity index (χ1v) is 9.66. The number of aliphatic hydroxyl groups is 5. The van der Waals surface area contributed by atoms with Gasteiger partial charge in [-0.25, -0.2) is 37.7 Å². The minimum Gasteiger partial charge on any atom is -0.478 e. The number of hydrogen-bond donors (Lipinski definition) is 7. The van der Waals surface area contributed by atoms with E-state index in [9.17, 15) is 24.0 Å². The lowest BCUT2D eigenvalue weighted by Gasteiger charge is -2.11. The molecule has 2 aromatic rings. The van der Waals surface area contributed by atoms with E-state index in [0.717, 1.165) is 0 Å². The molecule has 1 aromatic heterocycles. The second-order valence-corrected chi connectivity index (χ2v) is 6.11. The highest BCUT2D eigenvalue weighted by molar-refractivity contribution is 5.91. The molecule has 0 aliphatic heterocycles. The van der Waals surface area contributed by atoms with Gasteiger partial charge in [0.15, 0.2) is 0 Å². The van der Waals surface area contributed by atoms with Crippen LogP contribution in [0.4, 0.5) is 0 Å². The van der Waals surface area contributed by atoms with E-state index in [-0.39, 0.29) is 44.0 Å². The molecule has 0 bridgehead atoms. The molecule has 190 valence electrons. The van der Waals surface area contributed by atoms with Crippen LogP contribution in [0.5, 0.6) is 0 Å². The molecule has 0 atom stereocenters. The maximum Gasteiger partial charge on any atom is 0.336 e. The van der Waals surface area contributed by atoms with E-state index in [2.05, 4.69) is 0 Å². The molecule has 0 fully saturated rings. The van der Waals surface area contributed by atoms with Gasteiger partial charge in [-0.3, -0.25) is 0 Å². The van der Waals surface area contributed by atoms with Crippen molar-refractivity contribution in [3.8, 4) is 0 Å². The van der Waals surface area contributed by atoms with Gasteiger partial charge in [0.1, 0.15) is 0 Å². The van der Waals surface area contributed by atoms with Crippen molar-refractivity contribution in [2.45, 2.75) is 19.6 Å². The quantitative estimate of drug-likeness (QED) is 0.179. The van der Waals surface area contributed by atoms with Gasteiger partial charge in [0.05, 0.1) is 63.8 Å². The Balaban J connectivity index is 0.000000584. The topological polar surface area (TPSA) is 242 Å². The minimum atomic E-state index is -1.06. The molecule has 0 saturated carbocycles. The Morgan fingerprint density at radius 2 is 0.765 bits per heavy atom. The normalized spacial score (nSPS) is 9.91. The number of carbonyl (C=O) groups is 2. The summed E-state index contributed by atoms with van der Waals surface area (Å²) in [6.45, 7) is -2.33. The molecule has 2 rings (SSSR count). The predicted octanol–water partition coefficient (Wildman–Crippen LogP) is -3.80. The molecule has 1 aromatic carbocycles. The standard InChI is InChI=1S/C9H15N3O6.C8H6O4.C2H6O2/c13-4-1-10-7(16)11(2-5-14)9(18)12(3-6-15)8(10)17;9-7(10)5-1-2-6(4-3-5)8(11)12;3-1-2-4/h13-15H,1-6H2;1-4H,(H,9,10)(H,11,12);3-4H,1-2H2. The number of hydrogen-bond acceptors (Lipinski definition) is 10. The van der Waals surface area contributed by atoms with Crippen LogP contribution in [0.25, 0.3) is 0 Å². The summed E-state index contributed by atoms with van der Waals surface area (Å²) in [5, 5.41) is 58.5. The lowest BCUT2D eigenvalue weighted by molar-refractivity contribution is 0.0681. The average molecular weight is 489 g/mol. The molecule has 0 unspecified atom stereocenters. The van der Waals surface area contributed by atoms with Crippen molar-refractivity contribution in [2.24, 2.45) is 0 Å². The summed E-state index contributed by atoms with van der Waals surface area (Å²) in [7, 11) is 0. The highest BCUT2D eigenvalue weighted by Gasteiger charge is 2.14. The van der Waals surface area contributed by atoms with Gasteiger partial charge in [-0.1, -0.05) is 0 Å². The first kappa shape index (κ1) is 30.4. The van der Waals surface area contributed by atoms with Crippen molar-refractivity contribution >= 4 is 11.9 Å². The van der Waals surface area contributed by atoms with E-state index < -0.39 is 48.8 Å². The number of nitrogens with zero attached hydrogens (tertiary/aromatic N) is 3. The zero-order valence-electron chi connectivity index (χ0n) is 18.0. The van der Waals surface area contributed by atoms with Crippen LogP contribution in [0.3, 0.4) is 0 Å². The summed E-state index contributed by atoms with van der Waals surface area (Å²) in [5.41, 5.74) is -2.49. The third kappa shape index (κ3) is 9.08. The Bertz CT molecular complexity index is 939. The molecule has 34 heavy (non-hydrogen) atoms. The van der Waals surface area contributed by atoms with E-state index in [1.165, 1.54) is 24.3 Å². The smallest absolute Gasteiger partial charge is 0.336 e. The number of aromatic nitrogens is 3. The summed E-state index contributed by atoms with van der Waals surface area (Å²) >= 11 is 0. The maximum absolute atomic E-state index is 11.8. The Kier molecular flexibility index (Phi) is 14.3. The molecule has 0 saturated heterocycles. The van der Waals surface area contributed by atoms with Gasteiger partial charge in [0.25, 0.3) is 0 Å². The lowest BCUT2D eigenvalue weighted by Crippen LogP contribution is -2.55. The van der Waals surface area contributed by atoms with Gasteiger partial charge >= 0.3 is 29.0 Å². The molecule has 0 amide bonds. The van der Waals surface area contributed by atoms with E-state index in [4.69, 9.17) is 35.7 Å². The van der Waals surface area contributed by atoms with Crippen LogP contribution in [0.2, 0.25) is 0 Å². The maximum atomic E-state index is 11.8. The van der Waals surface area contributed by atoms with Crippen LogP contribution in [-0.4, -0.2) is 94.4 Å². The van der Waals surface area contributed by atoms with Crippen molar-refractivity contribution in [3.05, 3.63) is 66.8 Å². The van der Waals surface area contributed by atoms with Gasteiger partial charge in [0, 0.05) is 0 Å². The Morgan fingerprint density at radius 3 is 0.912 bits per heavy atom. The number of aromatic carboxylic acids is 2. The van der Waals surface area contributed by atoms with Crippen molar-refractivity contribution in [1.82, 2.24) is 13.7 Å². The first-order chi connectivity index (χ1) is 16.1. The molecule has 7 N–H and O–H groups in total. The number of carboxylic acid groups (broad SMARTS) is 2. The molecule has 0 aliphatic rings. The zero-order valence-corrected chi connectivity index (χ0v) is 18.0. The zero-order chi connectivity index (χ0) is 26.3. The van der Waals surface area contributed by atoms with E-state index >= 15 is 0 Å². The molecule has 0 aliphatic carbocycles. The Labute approximate surface area is 191 Å². The second-order valence-electron chi connectivity index (χ2n) is 6.11. The summed E-state index contributed by atoms with van der Waals surface area (Å²) in [5.74, 6) is -2.13. The van der Waals surface area contributed by atoms with Crippen LogP contribution >= 0.6 is 0 Å². The van der Waals surface area contributed by atoms with Crippen molar-refractivity contribution < 1.29 is 45.3 Å². The minimum absolute atomic E-state index is 0.0833. The Hall–Kier alpha value is -3.63. The van der Waals surface area contributed by atoms with E-state index in [1.807, 2.05) is 0 Å². The van der Waals surface area contributed by atoms with Crippen LogP contribution in [0.1, 0.15) is 20.7 Å². The number of benzene rings is 1. The van der Waals surface area contributed by atoms with Crippen LogP contribution in [0.15, 0.2) is 38.6 Å². The summed E-state index contributed by atoms with van der Waals surface area (Å²) in [6, 6.07) is 5.02. The molecule has 15 nitrogen and oxygen atoms in total. The summed E-state index contributed by atoms with van der Waals surface area (Å²) < 4.78 is 2.06. The lowest BCUT2D eigenvalue weighted by atomic mass is 10.1. The van der Waals surface area contributed by atoms with Crippen LogP contribution in [0, 0.1) is 0 Å². The molecule has 15 heteroatoms. The summed E-state index contributed by atoms with van der Waals surface area (Å²) in [4.78, 5) is 56.0.